The Bertz CT molecular complexity index is 422. The van der Waals surface area contributed by atoms with Crippen molar-refractivity contribution in [2.45, 2.75) is 51.2 Å². The van der Waals surface area contributed by atoms with Crippen molar-refractivity contribution < 1.29 is 5.11 Å². The van der Waals surface area contributed by atoms with E-state index in [1.165, 1.54) is 6.07 Å². The molecule has 1 aromatic rings. The van der Waals surface area contributed by atoms with E-state index in [2.05, 4.69) is 15.3 Å². The Hall–Kier alpha value is -1.36. The van der Waals surface area contributed by atoms with Gasteiger partial charge in [0.05, 0.1) is 6.10 Å². The molecule has 0 unspecified atom stereocenters. The van der Waals surface area contributed by atoms with Crippen LogP contribution in [0.5, 0.6) is 0 Å². The molecule has 5 heteroatoms. The van der Waals surface area contributed by atoms with Gasteiger partial charge in [0, 0.05) is 18.5 Å². The SMILES string of the molecule is CCc1nc(NC2CCC(O)CC2)cc(=O)[nH]1. The zero-order chi connectivity index (χ0) is 12.3. The lowest BCUT2D eigenvalue weighted by molar-refractivity contribution is 0.126. The Kier molecular flexibility index (Phi) is 3.78. The molecule has 0 saturated heterocycles. The quantitative estimate of drug-likeness (QED) is 0.734. The number of aliphatic hydroxyl groups is 1. The van der Waals surface area contributed by atoms with Crippen LogP contribution in [0.2, 0.25) is 0 Å². The van der Waals surface area contributed by atoms with Crippen molar-refractivity contribution in [3.63, 3.8) is 0 Å². The lowest BCUT2D eigenvalue weighted by atomic mass is 9.93. The number of nitrogens with one attached hydrogen (secondary N) is 2. The van der Waals surface area contributed by atoms with Gasteiger partial charge in [0.25, 0.3) is 5.56 Å². The molecular weight excluding hydrogens is 218 g/mol. The van der Waals surface area contributed by atoms with Crippen molar-refractivity contribution in [2.75, 3.05) is 5.32 Å². The predicted molar refractivity (Wildman–Crippen MR) is 66.1 cm³/mol. The number of anilines is 1. The summed E-state index contributed by atoms with van der Waals surface area (Å²) < 4.78 is 0. The number of aromatic amines is 1. The standard InChI is InChI=1S/C12H19N3O2/c1-2-10-14-11(7-12(17)15-10)13-8-3-5-9(16)6-4-8/h7-9,16H,2-6H2,1H3,(H2,13,14,15,17). The molecule has 1 aliphatic carbocycles. The molecule has 1 aliphatic rings. The lowest BCUT2D eigenvalue weighted by Crippen LogP contribution is -2.29. The summed E-state index contributed by atoms with van der Waals surface area (Å²) >= 11 is 0. The van der Waals surface area contributed by atoms with Crippen molar-refractivity contribution in [3.05, 3.63) is 22.2 Å². The molecule has 0 atom stereocenters. The largest absolute Gasteiger partial charge is 0.393 e. The Balaban J connectivity index is 2.03. The molecule has 3 N–H and O–H groups in total. The van der Waals surface area contributed by atoms with Gasteiger partial charge in [-0.1, -0.05) is 6.92 Å². The van der Waals surface area contributed by atoms with Gasteiger partial charge >= 0.3 is 0 Å². The second-order valence-electron chi connectivity index (χ2n) is 4.58. The van der Waals surface area contributed by atoms with Gasteiger partial charge in [-0.15, -0.1) is 0 Å². The Labute approximate surface area is 100 Å². The van der Waals surface area contributed by atoms with E-state index < -0.39 is 0 Å². The Morgan fingerprint density at radius 2 is 2.18 bits per heavy atom. The summed E-state index contributed by atoms with van der Waals surface area (Å²) in [7, 11) is 0. The molecule has 17 heavy (non-hydrogen) atoms. The summed E-state index contributed by atoms with van der Waals surface area (Å²) in [6.45, 7) is 1.96. The van der Waals surface area contributed by atoms with Crippen molar-refractivity contribution in [2.24, 2.45) is 0 Å². The molecule has 0 spiro atoms. The van der Waals surface area contributed by atoms with E-state index >= 15 is 0 Å². The number of nitrogens with zero attached hydrogens (tertiary/aromatic N) is 1. The van der Waals surface area contributed by atoms with Gasteiger partial charge in [-0.25, -0.2) is 4.98 Å². The fourth-order valence-corrected chi connectivity index (χ4v) is 2.18. The Morgan fingerprint density at radius 1 is 1.47 bits per heavy atom. The third-order valence-electron chi connectivity index (χ3n) is 3.17. The molecule has 5 nitrogen and oxygen atoms in total. The molecular formula is C12H19N3O2. The third-order valence-corrected chi connectivity index (χ3v) is 3.17. The van der Waals surface area contributed by atoms with Crippen molar-refractivity contribution in [3.8, 4) is 0 Å². The number of aromatic nitrogens is 2. The summed E-state index contributed by atoms with van der Waals surface area (Å²) in [5, 5.41) is 12.7. The number of hydrogen-bond acceptors (Lipinski definition) is 4. The molecule has 1 aromatic heterocycles. The van der Waals surface area contributed by atoms with Crippen LogP contribution in [0.4, 0.5) is 5.82 Å². The topological polar surface area (TPSA) is 78.0 Å². The highest BCUT2D eigenvalue weighted by Crippen LogP contribution is 2.20. The van der Waals surface area contributed by atoms with Crippen LogP contribution in [0.3, 0.4) is 0 Å². The molecule has 1 saturated carbocycles. The number of aliphatic hydroxyl groups excluding tert-OH is 1. The first kappa shape index (κ1) is 12.1. The van der Waals surface area contributed by atoms with E-state index in [9.17, 15) is 9.90 Å². The zero-order valence-corrected chi connectivity index (χ0v) is 10.1. The third kappa shape index (κ3) is 3.30. The highest BCUT2D eigenvalue weighted by molar-refractivity contribution is 5.34. The fraction of sp³-hybridized carbons (Fsp3) is 0.667. The van der Waals surface area contributed by atoms with Gasteiger partial charge in [-0.3, -0.25) is 4.79 Å². The molecule has 0 bridgehead atoms. The summed E-state index contributed by atoms with van der Waals surface area (Å²) in [6, 6.07) is 1.81. The number of hydrogen-bond donors (Lipinski definition) is 3. The predicted octanol–water partition coefficient (Wildman–Crippen LogP) is 1.05. The van der Waals surface area contributed by atoms with Gasteiger partial charge in [0.1, 0.15) is 11.6 Å². The van der Waals surface area contributed by atoms with Crippen LogP contribution in [0, 0.1) is 0 Å². The second-order valence-corrected chi connectivity index (χ2v) is 4.58. The number of H-pyrrole nitrogens is 1. The molecule has 0 aromatic carbocycles. The van der Waals surface area contributed by atoms with Crippen LogP contribution in [0.15, 0.2) is 10.9 Å². The van der Waals surface area contributed by atoms with Crippen LogP contribution in [-0.2, 0) is 6.42 Å². The monoisotopic (exact) mass is 237 g/mol. The smallest absolute Gasteiger partial charge is 0.252 e. The van der Waals surface area contributed by atoms with Crippen molar-refractivity contribution >= 4 is 5.82 Å². The van der Waals surface area contributed by atoms with Crippen LogP contribution in [0.1, 0.15) is 38.4 Å². The highest BCUT2D eigenvalue weighted by atomic mass is 16.3. The van der Waals surface area contributed by atoms with Gasteiger partial charge < -0.3 is 15.4 Å². The van der Waals surface area contributed by atoms with E-state index in [0.29, 0.717) is 24.1 Å². The van der Waals surface area contributed by atoms with E-state index in [1.54, 1.807) is 0 Å². The zero-order valence-electron chi connectivity index (χ0n) is 10.1. The summed E-state index contributed by atoms with van der Waals surface area (Å²) in [5.74, 6) is 1.35. The van der Waals surface area contributed by atoms with Crippen LogP contribution in [-0.4, -0.2) is 27.2 Å². The summed E-state index contributed by atoms with van der Waals surface area (Å²) in [5.41, 5.74) is -0.116. The first-order valence-corrected chi connectivity index (χ1v) is 6.22. The highest BCUT2D eigenvalue weighted by Gasteiger charge is 2.19. The van der Waals surface area contributed by atoms with Gasteiger partial charge in [-0.2, -0.15) is 0 Å². The molecule has 0 amide bonds. The van der Waals surface area contributed by atoms with E-state index in [0.717, 1.165) is 25.7 Å². The minimum atomic E-state index is -0.161. The molecule has 1 heterocycles. The van der Waals surface area contributed by atoms with Gasteiger partial charge in [0.15, 0.2) is 0 Å². The Morgan fingerprint density at radius 3 is 2.82 bits per heavy atom. The average molecular weight is 237 g/mol. The first-order valence-electron chi connectivity index (χ1n) is 6.22. The van der Waals surface area contributed by atoms with Crippen LogP contribution in [0.25, 0.3) is 0 Å². The average Bonchev–Trinajstić information content (AvgIpc) is 2.31. The molecule has 1 fully saturated rings. The lowest BCUT2D eigenvalue weighted by Gasteiger charge is -2.26. The van der Waals surface area contributed by atoms with E-state index in [4.69, 9.17) is 0 Å². The number of rotatable bonds is 3. The van der Waals surface area contributed by atoms with Crippen LogP contribution < -0.4 is 10.9 Å². The molecule has 94 valence electrons. The molecule has 2 rings (SSSR count). The molecule has 0 radical (unpaired) electrons. The summed E-state index contributed by atoms with van der Waals surface area (Å²) in [4.78, 5) is 18.4. The van der Waals surface area contributed by atoms with Crippen molar-refractivity contribution in [1.82, 2.24) is 9.97 Å². The normalized spacial score (nSPS) is 24.6. The molecule has 0 aliphatic heterocycles. The first-order chi connectivity index (χ1) is 8.17. The van der Waals surface area contributed by atoms with Gasteiger partial charge in [0.2, 0.25) is 0 Å². The van der Waals surface area contributed by atoms with E-state index in [1.807, 2.05) is 6.92 Å². The minimum Gasteiger partial charge on any atom is -0.393 e. The fourth-order valence-electron chi connectivity index (χ4n) is 2.18. The maximum atomic E-state index is 11.4. The van der Waals surface area contributed by atoms with Crippen LogP contribution >= 0.6 is 0 Å². The maximum Gasteiger partial charge on any atom is 0.252 e. The maximum absolute atomic E-state index is 11.4. The van der Waals surface area contributed by atoms with Crippen molar-refractivity contribution in [1.29, 1.82) is 0 Å². The minimum absolute atomic E-state index is 0.116. The number of aryl methyl sites for hydroxylation is 1. The second kappa shape index (κ2) is 5.31. The van der Waals surface area contributed by atoms with E-state index in [-0.39, 0.29) is 11.7 Å². The van der Waals surface area contributed by atoms with Gasteiger partial charge in [-0.05, 0) is 25.7 Å². The summed E-state index contributed by atoms with van der Waals surface area (Å²) in [6.07, 6.45) is 4.05.